The van der Waals surface area contributed by atoms with Gasteiger partial charge in [-0.3, -0.25) is 0 Å². The molecule has 0 amide bonds. The van der Waals surface area contributed by atoms with Crippen LogP contribution in [0, 0.1) is 0 Å². The van der Waals surface area contributed by atoms with Crippen molar-refractivity contribution < 1.29 is 5.11 Å². The number of aromatic amines is 1. The van der Waals surface area contributed by atoms with Gasteiger partial charge in [0.05, 0.1) is 16.1 Å². The number of aromatic nitrogens is 2. The number of rotatable bonds is 1. The van der Waals surface area contributed by atoms with Crippen molar-refractivity contribution in [3.8, 4) is 17.1 Å². The van der Waals surface area contributed by atoms with Gasteiger partial charge in [-0.15, -0.1) is 0 Å². The van der Waals surface area contributed by atoms with Gasteiger partial charge in [0.1, 0.15) is 11.6 Å². The molecule has 0 fully saturated rings. The van der Waals surface area contributed by atoms with Crippen molar-refractivity contribution in [3.05, 3.63) is 46.4 Å². The molecule has 3 rings (SSSR count). The lowest BCUT2D eigenvalue weighted by molar-refractivity contribution is 0.475. The van der Waals surface area contributed by atoms with Crippen molar-refractivity contribution in [2.75, 3.05) is 0 Å². The highest BCUT2D eigenvalue weighted by atomic mass is 35.5. The van der Waals surface area contributed by atoms with Crippen molar-refractivity contribution in [1.82, 2.24) is 9.97 Å². The van der Waals surface area contributed by atoms with Gasteiger partial charge < -0.3 is 10.1 Å². The number of nitrogens with one attached hydrogen (secondary N) is 1. The molecule has 2 aromatic carbocycles. The Labute approximate surface area is 113 Å². The van der Waals surface area contributed by atoms with Crippen LogP contribution in [0.1, 0.15) is 0 Å². The topological polar surface area (TPSA) is 48.9 Å². The molecule has 0 radical (unpaired) electrons. The number of aromatic hydroxyl groups is 1. The van der Waals surface area contributed by atoms with Gasteiger partial charge in [-0.25, -0.2) is 4.98 Å². The summed E-state index contributed by atoms with van der Waals surface area (Å²) in [5, 5.41) is 10.7. The Morgan fingerprint density at radius 3 is 2.72 bits per heavy atom. The maximum absolute atomic E-state index is 9.50. The van der Waals surface area contributed by atoms with E-state index in [9.17, 15) is 5.11 Å². The van der Waals surface area contributed by atoms with Crippen LogP contribution in [0.15, 0.2) is 36.4 Å². The molecule has 0 spiro atoms. The summed E-state index contributed by atoms with van der Waals surface area (Å²) in [4.78, 5) is 7.55. The van der Waals surface area contributed by atoms with Gasteiger partial charge >= 0.3 is 0 Å². The molecule has 1 heterocycles. The van der Waals surface area contributed by atoms with Gasteiger partial charge in [0.15, 0.2) is 0 Å². The number of phenols is 1. The number of hydrogen-bond acceptors (Lipinski definition) is 2. The van der Waals surface area contributed by atoms with E-state index in [1.54, 1.807) is 24.3 Å². The summed E-state index contributed by atoms with van der Waals surface area (Å²) in [6.45, 7) is 0. The first-order valence-corrected chi connectivity index (χ1v) is 6.03. The highest BCUT2D eigenvalue weighted by molar-refractivity contribution is 6.33. The standard InChI is InChI=1S/C13H8Cl2N2O/c14-7-1-4-11-12(5-7)17-13(16-11)9-6-8(18)2-3-10(9)15/h1-6,18H,(H,16,17). The number of halogens is 2. The van der Waals surface area contributed by atoms with Gasteiger partial charge in [0.2, 0.25) is 0 Å². The molecule has 3 aromatic rings. The minimum absolute atomic E-state index is 0.146. The fourth-order valence-electron chi connectivity index (χ4n) is 1.80. The van der Waals surface area contributed by atoms with E-state index in [1.807, 2.05) is 6.07 Å². The minimum atomic E-state index is 0.146. The molecule has 0 atom stereocenters. The Hall–Kier alpha value is -1.71. The van der Waals surface area contributed by atoms with Gasteiger partial charge in [0.25, 0.3) is 0 Å². The molecule has 3 nitrogen and oxygen atoms in total. The number of imidazole rings is 1. The van der Waals surface area contributed by atoms with Gasteiger partial charge in [-0.2, -0.15) is 0 Å². The maximum atomic E-state index is 9.50. The van der Waals surface area contributed by atoms with E-state index in [0.717, 1.165) is 11.0 Å². The summed E-state index contributed by atoms with van der Waals surface area (Å²) in [5.74, 6) is 0.751. The molecular formula is C13H8Cl2N2O. The first-order valence-electron chi connectivity index (χ1n) is 5.27. The summed E-state index contributed by atoms with van der Waals surface area (Å²) < 4.78 is 0. The van der Waals surface area contributed by atoms with Crippen LogP contribution in [0.5, 0.6) is 5.75 Å². The van der Waals surface area contributed by atoms with E-state index in [-0.39, 0.29) is 5.75 Å². The molecule has 5 heteroatoms. The highest BCUT2D eigenvalue weighted by Crippen LogP contribution is 2.30. The predicted octanol–water partition coefficient (Wildman–Crippen LogP) is 4.24. The maximum Gasteiger partial charge on any atom is 0.140 e. The number of nitrogens with zero attached hydrogens (tertiary/aromatic N) is 1. The smallest absolute Gasteiger partial charge is 0.140 e. The molecule has 90 valence electrons. The van der Waals surface area contributed by atoms with Crippen LogP contribution in [0.3, 0.4) is 0 Å². The van der Waals surface area contributed by atoms with E-state index >= 15 is 0 Å². The van der Waals surface area contributed by atoms with Crippen LogP contribution >= 0.6 is 23.2 Å². The van der Waals surface area contributed by atoms with Gasteiger partial charge in [0, 0.05) is 10.6 Å². The average Bonchev–Trinajstić information content (AvgIpc) is 2.74. The van der Waals surface area contributed by atoms with E-state index in [0.29, 0.717) is 21.4 Å². The molecule has 0 bridgehead atoms. The lowest BCUT2D eigenvalue weighted by Crippen LogP contribution is -1.81. The molecule has 18 heavy (non-hydrogen) atoms. The third kappa shape index (κ3) is 1.92. The van der Waals surface area contributed by atoms with Crippen LogP contribution in [0.25, 0.3) is 22.4 Å². The summed E-state index contributed by atoms with van der Waals surface area (Å²) in [5.41, 5.74) is 2.29. The zero-order valence-corrected chi connectivity index (χ0v) is 10.6. The molecule has 0 saturated heterocycles. The molecule has 1 aromatic heterocycles. The molecule has 0 saturated carbocycles. The summed E-state index contributed by atoms with van der Waals surface area (Å²) in [6.07, 6.45) is 0. The fourth-order valence-corrected chi connectivity index (χ4v) is 2.18. The van der Waals surface area contributed by atoms with Crippen LogP contribution < -0.4 is 0 Å². The van der Waals surface area contributed by atoms with E-state index < -0.39 is 0 Å². The zero-order chi connectivity index (χ0) is 12.7. The fraction of sp³-hybridized carbons (Fsp3) is 0. The number of H-pyrrole nitrogens is 1. The highest BCUT2D eigenvalue weighted by Gasteiger charge is 2.10. The Morgan fingerprint density at radius 2 is 1.89 bits per heavy atom. The van der Waals surface area contributed by atoms with Crippen molar-refractivity contribution >= 4 is 34.2 Å². The van der Waals surface area contributed by atoms with Crippen molar-refractivity contribution in [2.24, 2.45) is 0 Å². The first-order chi connectivity index (χ1) is 8.63. The van der Waals surface area contributed by atoms with Crippen LogP contribution in [-0.2, 0) is 0 Å². The second kappa shape index (κ2) is 4.19. The Balaban J connectivity index is 2.22. The average molecular weight is 279 g/mol. The first kappa shape index (κ1) is 11.4. The molecular weight excluding hydrogens is 271 g/mol. The van der Waals surface area contributed by atoms with Crippen LogP contribution in [0.4, 0.5) is 0 Å². The Kier molecular flexibility index (Phi) is 2.65. The lowest BCUT2D eigenvalue weighted by atomic mass is 10.2. The van der Waals surface area contributed by atoms with Gasteiger partial charge in [-0.1, -0.05) is 23.2 Å². The number of phenolic OH excluding ortho intramolecular Hbond substituents is 1. The van der Waals surface area contributed by atoms with Crippen molar-refractivity contribution in [2.45, 2.75) is 0 Å². The number of hydrogen-bond donors (Lipinski definition) is 2. The van der Waals surface area contributed by atoms with Crippen molar-refractivity contribution in [3.63, 3.8) is 0 Å². The van der Waals surface area contributed by atoms with E-state index in [2.05, 4.69) is 9.97 Å². The zero-order valence-electron chi connectivity index (χ0n) is 9.11. The Bertz CT molecular complexity index is 737. The van der Waals surface area contributed by atoms with Gasteiger partial charge in [-0.05, 0) is 36.4 Å². The van der Waals surface area contributed by atoms with E-state index in [4.69, 9.17) is 23.2 Å². The SMILES string of the molecule is Oc1ccc(Cl)c(-c2nc3ccc(Cl)cc3[nH]2)c1. The predicted molar refractivity (Wildman–Crippen MR) is 73.2 cm³/mol. The van der Waals surface area contributed by atoms with Crippen LogP contribution in [-0.4, -0.2) is 15.1 Å². The van der Waals surface area contributed by atoms with E-state index in [1.165, 1.54) is 6.07 Å². The molecule has 0 aliphatic heterocycles. The summed E-state index contributed by atoms with van der Waals surface area (Å²) in [6, 6.07) is 10.1. The molecule has 0 aliphatic rings. The quantitative estimate of drug-likeness (QED) is 0.699. The normalized spacial score (nSPS) is 11.0. The molecule has 0 aliphatic carbocycles. The monoisotopic (exact) mass is 278 g/mol. The second-order valence-electron chi connectivity index (χ2n) is 3.91. The summed E-state index contributed by atoms with van der Waals surface area (Å²) >= 11 is 12.0. The largest absolute Gasteiger partial charge is 0.508 e. The third-order valence-electron chi connectivity index (χ3n) is 2.65. The Morgan fingerprint density at radius 1 is 1.06 bits per heavy atom. The number of fused-ring (bicyclic) bond motifs is 1. The molecule has 2 N–H and O–H groups in total. The lowest BCUT2D eigenvalue weighted by Gasteiger charge is -2.00. The number of benzene rings is 2. The molecule has 0 unspecified atom stereocenters. The minimum Gasteiger partial charge on any atom is -0.508 e. The third-order valence-corrected chi connectivity index (χ3v) is 3.21. The van der Waals surface area contributed by atoms with Crippen molar-refractivity contribution in [1.29, 1.82) is 0 Å². The summed E-state index contributed by atoms with van der Waals surface area (Å²) in [7, 11) is 0. The second-order valence-corrected chi connectivity index (χ2v) is 4.75. The van der Waals surface area contributed by atoms with Crippen LogP contribution in [0.2, 0.25) is 10.0 Å².